The van der Waals surface area contributed by atoms with Gasteiger partial charge in [0, 0.05) is 11.4 Å². The molecule has 1 N–H and O–H groups in total. The van der Waals surface area contributed by atoms with Crippen molar-refractivity contribution in [3.05, 3.63) is 54.6 Å². The maximum absolute atomic E-state index is 11.3. The third kappa shape index (κ3) is 4.29. The molecule has 1 aliphatic heterocycles. The predicted octanol–water partition coefficient (Wildman–Crippen LogP) is 1.18. The Labute approximate surface area is 165 Å². The minimum absolute atomic E-state index is 0.153. The number of nitrogens with zero attached hydrogens (tertiary/aromatic N) is 7. The molecule has 0 bridgehead atoms. The van der Waals surface area contributed by atoms with Crippen molar-refractivity contribution in [1.82, 2.24) is 29.5 Å². The summed E-state index contributed by atoms with van der Waals surface area (Å²) in [4.78, 5) is 13.3. The van der Waals surface area contributed by atoms with Crippen molar-refractivity contribution >= 4 is 17.3 Å². The molecular formula is C17H18ClN7O3. The van der Waals surface area contributed by atoms with Crippen LogP contribution >= 0.6 is 11.6 Å². The summed E-state index contributed by atoms with van der Waals surface area (Å²) in [6, 6.07) is 7.07. The molecule has 0 spiro atoms. The average molecular weight is 404 g/mol. The van der Waals surface area contributed by atoms with Crippen molar-refractivity contribution in [2.75, 3.05) is 6.61 Å². The third-order valence-electron chi connectivity index (χ3n) is 4.30. The molecule has 3 aromatic rings. The van der Waals surface area contributed by atoms with E-state index in [0.29, 0.717) is 22.9 Å². The quantitative estimate of drug-likeness (QED) is 0.600. The van der Waals surface area contributed by atoms with Crippen molar-refractivity contribution < 1.29 is 14.7 Å². The molecule has 0 radical (unpaired) electrons. The fraction of sp³-hybridized carbons (Fsp3) is 0.353. The van der Waals surface area contributed by atoms with Gasteiger partial charge in [-0.2, -0.15) is 10.2 Å². The fourth-order valence-electron chi connectivity index (χ4n) is 2.91. The zero-order valence-corrected chi connectivity index (χ0v) is 15.6. The van der Waals surface area contributed by atoms with Gasteiger partial charge in [-0.05, 0) is 24.3 Å². The van der Waals surface area contributed by atoms with Gasteiger partial charge in [-0.15, -0.1) is 0 Å². The minimum Gasteiger partial charge on any atom is -0.490 e. The molecule has 10 nitrogen and oxygen atoms in total. The van der Waals surface area contributed by atoms with Crippen LogP contribution in [0, 0.1) is 0 Å². The lowest BCUT2D eigenvalue weighted by molar-refractivity contribution is 0.0463. The number of hydrogen-bond donors (Lipinski definition) is 1. The SMILES string of the molecule is OC(Cn1cncn1)(Cn1cncn1)C1=NOC(COc2ccc(Cl)cc2)C1. The molecule has 28 heavy (non-hydrogen) atoms. The Hall–Kier alpha value is -2.98. The maximum Gasteiger partial charge on any atom is 0.166 e. The second-order valence-corrected chi connectivity index (χ2v) is 6.89. The van der Waals surface area contributed by atoms with Gasteiger partial charge in [0.2, 0.25) is 0 Å². The van der Waals surface area contributed by atoms with Gasteiger partial charge in [0.15, 0.2) is 6.10 Å². The topological polar surface area (TPSA) is 112 Å². The Bertz CT molecular complexity index is 877. The second-order valence-electron chi connectivity index (χ2n) is 6.45. The summed E-state index contributed by atoms with van der Waals surface area (Å²) in [5.41, 5.74) is -0.876. The van der Waals surface area contributed by atoms with Gasteiger partial charge < -0.3 is 14.7 Å². The van der Waals surface area contributed by atoms with Crippen LogP contribution in [-0.4, -0.2) is 58.7 Å². The van der Waals surface area contributed by atoms with E-state index < -0.39 is 5.60 Å². The van der Waals surface area contributed by atoms with Crippen LogP contribution in [0.15, 0.2) is 54.7 Å². The standard InChI is InChI=1S/C17H18ClN7O3/c18-13-1-3-14(4-2-13)27-6-15-5-16(23-28-15)17(26,7-24-11-19-9-21-24)8-25-12-20-10-22-25/h1-4,9-12,15,26H,5-8H2. The molecule has 0 saturated heterocycles. The average Bonchev–Trinajstić information content (AvgIpc) is 3.44. The van der Waals surface area contributed by atoms with Crippen LogP contribution < -0.4 is 4.74 Å². The summed E-state index contributed by atoms with van der Waals surface area (Å²) in [6.45, 7) is 0.594. The van der Waals surface area contributed by atoms with Gasteiger partial charge in [0.05, 0.1) is 18.8 Å². The molecule has 0 aliphatic carbocycles. The number of aromatic nitrogens is 6. The number of rotatable bonds is 8. The van der Waals surface area contributed by atoms with Gasteiger partial charge in [-0.1, -0.05) is 16.8 Å². The van der Waals surface area contributed by atoms with Crippen molar-refractivity contribution in [2.45, 2.75) is 31.2 Å². The lowest BCUT2D eigenvalue weighted by atomic mass is 9.93. The third-order valence-corrected chi connectivity index (χ3v) is 4.55. The summed E-state index contributed by atoms with van der Waals surface area (Å²) < 4.78 is 8.80. The van der Waals surface area contributed by atoms with Gasteiger partial charge >= 0.3 is 0 Å². The van der Waals surface area contributed by atoms with E-state index in [1.165, 1.54) is 34.7 Å². The lowest BCUT2D eigenvalue weighted by Crippen LogP contribution is -2.47. The first-order valence-corrected chi connectivity index (χ1v) is 8.97. The molecule has 11 heteroatoms. The number of halogens is 1. The fourth-order valence-corrected chi connectivity index (χ4v) is 3.04. The molecule has 1 atom stereocenters. The van der Waals surface area contributed by atoms with Crippen LogP contribution in [0.3, 0.4) is 0 Å². The first-order chi connectivity index (χ1) is 13.6. The lowest BCUT2D eigenvalue weighted by Gasteiger charge is -2.27. The molecule has 146 valence electrons. The number of benzene rings is 1. The van der Waals surface area contributed by atoms with Crippen LogP contribution in [0.2, 0.25) is 5.02 Å². The van der Waals surface area contributed by atoms with Crippen molar-refractivity contribution in [3.63, 3.8) is 0 Å². The zero-order valence-electron chi connectivity index (χ0n) is 14.8. The van der Waals surface area contributed by atoms with Crippen LogP contribution in [0.4, 0.5) is 0 Å². The predicted molar refractivity (Wildman–Crippen MR) is 98.9 cm³/mol. The smallest absolute Gasteiger partial charge is 0.166 e. The monoisotopic (exact) mass is 403 g/mol. The maximum atomic E-state index is 11.3. The molecule has 4 rings (SSSR count). The molecule has 1 unspecified atom stereocenters. The van der Waals surface area contributed by atoms with Crippen molar-refractivity contribution in [3.8, 4) is 5.75 Å². The first-order valence-electron chi connectivity index (χ1n) is 8.59. The Morgan fingerprint density at radius 1 is 1.11 bits per heavy atom. The minimum atomic E-state index is -1.36. The summed E-state index contributed by atoms with van der Waals surface area (Å²) in [6.07, 6.45) is 5.97. The Morgan fingerprint density at radius 3 is 2.32 bits per heavy atom. The number of hydrogen-bond acceptors (Lipinski definition) is 8. The van der Waals surface area contributed by atoms with E-state index >= 15 is 0 Å². The highest BCUT2D eigenvalue weighted by atomic mass is 35.5. The largest absolute Gasteiger partial charge is 0.490 e. The van der Waals surface area contributed by atoms with E-state index in [9.17, 15) is 5.11 Å². The number of ether oxygens (including phenoxy) is 1. The Balaban J connectivity index is 1.42. The highest BCUT2D eigenvalue weighted by Gasteiger charge is 2.40. The van der Waals surface area contributed by atoms with Crippen LogP contribution in [0.25, 0.3) is 0 Å². The highest BCUT2D eigenvalue weighted by molar-refractivity contribution is 6.30. The van der Waals surface area contributed by atoms with E-state index in [4.69, 9.17) is 21.2 Å². The second kappa shape index (κ2) is 7.95. The highest BCUT2D eigenvalue weighted by Crippen LogP contribution is 2.24. The van der Waals surface area contributed by atoms with Crippen molar-refractivity contribution in [1.29, 1.82) is 0 Å². The summed E-state index contributed by atoms with van der Waals surface area (Å²) >= 11 is 5.88. The van der Waals surface area contributed by atoms with Gasteiger partial charge in [0.1, 0.15) is 43.3 Å². The normalized spacial score (nSPS) is 16.6. The zero-order chi connectivity index (χ0) is 19.4. The molecule has 3 heterocycles. The van der Waals surface area contributed by atoms with E-state index in [1.54, 1.807) is 24.3 Å². The summed E-state index contributed by atoms with van der Waals surface area (Å²) in [7, 11) is 0. The first kappa shape index (κ1) is 18.4. The van der Waals surface area contributed by atoms with Gasteiger partial charge in [-0.3, -0.25) is 0 Å². The van der Waals surface area contributed by atoms with Crippen LogP contribution in [-0.2, 0) is 17.9 Å². The number of aliphatic hydroxyl groups is 1. The molecular weight excluding hydrogens is 386 g/mol. The van der Waals surface area contributed by atoms with Gasteiger partial charge in [0.25, 0.3) is 0 Å². The number of oxime groups is 1. The van der Waals surface area contributed by atoms with Crippen LogP contribution in [0.5, 0.6) is 5.75 Å². The van der Waals surface area contributed by atoms with E-state index in [0.717, 1.165) is 0 Å². The summed E-state index contributed by atoms with van der Waals surface area (Å²) in [5.74, 6) is 0.682. The van der Waals surface area contributed by atoms with E-state index in [1.807, 2.05) is 0 Å². The molecule has 1 aliphatic rings. The molecule has 1 aromatic carbocycles. The Morgan fingerprint density at radius 2 is 1.75 bits per heavy atom. The van der Waals surface area contributed by atoms with E-state index in [2.05, 4.69) is 25.3 Å². The molecule has 2 aromatic heterocycles. The molecule has 0 fully saturated rings. The molecule has 0 amide bonds. The summed E-state index contributed by atoms with van der Waals surface area (Å²) in [5, 5.41) is 24.3. The van der Waals surface area contributed by atoms with Crippen molar-refractivity contribution in [2.24, 2.45) is 5.16 Å². The van der Waals surface area contributed by atoms with Gasteiger partial charge in [-0.25, -0.2) is 19.3 Å². The molecule has 0 saturated carbocycles. The van der Waals surface area contributed by atoms with Crippen LogP contribution in [0.1, 0.15) is 6.42 Å². The van der Waals surface area contributed by atoms with E-state index in [-0.39, 0.29) is 25.8 Å². The Kier molecular flexibility index (Phi) is 5.22.